The van der Waals surface area contributed by atoms with E-state index in [9.17, 15) is 32.3 Å². The van der Waals surface area contributed by atoms with Crippen LogP contribution in [0, 0.1) is 5.82 Å². The minimum Gasteiger partial charge on any atom is -0.491 e. The molecule has 3 N–H and O–H groups in total. The molecule has 2 atom stereocenters. The smallest absolute Gasteiger partial charge is 0.431 e. The van der Waals surface area contributed by atoms with Crippen molar-refractivity contribution in [2.45, 2.75) is 50.8 Å². The Morgan fingerprint density at radius 3 is 2.40 bits per heavy atom. The van der Waals surface area contributed by atoms with Gasteiger partial charge in [0, 0.05) is 12.2 Å². The first-order chi connectivity index (χ1) is 20.5. The average molecular weight is 609 g/mol. The van der Waals surface area contributed by atoms with Crippen molar-refractivity contribution in [2.24, 2.45) is 0 Å². The number of allylic oxidation sites excluding steroid dienone is 2. The number of alkyl halides is 3. The Bertz CT molecular complexity index is 1300. The standard InChI is InChI=1S/C31H36F4N2O6/c1-20-25(26(21-11-10-12-22(32)17-21)27(29(39)41-2)28(37-20)31(33,34)35)30(40)42-16-9-4-3-8-15-36-18-23(38)19-43-24-13-6-5-7-14-24/h5-7,10-14,17,23,26,36-38H,3-4,8-9,15-16,18-19H2,1-2H3. The number of nitrogens with one attached hydrogen (secondary N) is 2. The minimum atomic E-state index is -4.98. The Kier molecular flexibility index (Phi) is 12.6. The van der Waals surface area contributed by atoms with Gasteiger partial charge in [-0.05, 0) is 56.1 Å². The molecule has 0 amide bonds. The highest BCUT2D eigenvalue weighted by Crippen LogP contribution is 2.43. The van der Waals surface area contributed by atoms with Gasteiger partial charge in [-0.25, -0.2) is 14.0 Å². The molecule has 0 fully saturated rings. The summed E-state index contributed by atoms with van der Waals surface area (Å²) in [6, 6.07) is 13.9. The molecular formula is C31H36F4N2O6. The van der Waals surface area contributed by atoms with Gasteiger partial charge in [-0.2, -0.15) is 13.2 Å². The second-order valence-electron chi connectivity index (χ2n) is 9.96. The highest BCUT2D eigenvalue weighted by molar-refractivity contribution is 6.00. The first-order valence-corrected chi connectivity index (χ1v) is 13.9. The lowest BCUT2D eigenvalue weighted by Crippen LogP contribution is -2.38. The topological polar surface area (TPSA) is 106 Å². The molecule has 1 heterocycles. The number of unbranched alkanes of at least 4 members (excludes halogenated alkanes) is 3. The Morgan fingerprint density at radius 2 is 1.72 bits per heavy atom. The first-order valence-electron chi connectivity index (χ1n) is 13.9. The van der Waals surface area contributed by atoms with E-state index < -0.39 is 47.2 Å². The van der Waals surface area contributed by atoms with Crippen LogP contribution < -0.4 is 15.4 Å². The summed E-state index contributed by atoms with van der Waals surface area (Å²) in [5, 5.41) is 15.3. The van der Waals surface area contributed by atoms with Crippen molar-refractivity contribution in [3.63, 3.8) is 0 Å². The zero-order valence-electron chi connectivity index (χ0n) is 24.0. The second-order valence-corrected chi connectivity index (χ2v) is 9.96. The highest BCUT2D eigenvalue weighted by atomic mass is 19.4. The van der Waals surface area contributed by atoms with Gasteiger partial charge in [0.1, 0.15) is 30.0 Å². The molecule has 0 saturated carbocycles. The second kappa shape index (κ2) is 16.1. The summed E-state index contributed by atoms with van der Waals surface area (Å²) in [4.78, 5) is 25.7. The Balaban J connectivity index is 1.51. The van der Waals surface area contributed by atoms with Gasteiger partial charge >= 0.3 is 18.1 Å². The van der Waals surface area contributed by atoms with Gasteiger partial charge in [0.2, 0.25) is 0 Å². The van der Waals surface area contributed by atoms with E-state index in [1.54, 1.807) is 0 Å². The lowest BCUT2D eigenvalue weighted by atomic mass is 9.80. The SMILES string of the molecule is COC(=O)C1=C(C(F)(F)F)NC(C)=C(C(=O)OCCCCCCNCC(O)COc2ccccc2)C1c1cccc(F)c1. The van der Waals surface area contributed by atoms with Crippen LogP contribution in [0.1, 0.15) is 44.1 Å². The van der Waals surface area contributed by atoms with Gasteiger partial charge in [0.15, 0.2) is 0 Å². The van der Waals surface area contributed by atoms with Crippen molar-refractivity contribution in [1.82, 2.24) is 10.6 Å². The fourth-order valence-electron chi connectivity index (χ4n) is 4.66. The fraction of sp³-hybridized carbons (Fsp3) is 0.419. The first kappa shape index (κ1) is 33.6. The van der Waals surface area contributed by atoms with Crippen LogP contribution >= 0.6 is 0 Å². The summed E-state index contributed by atoms with van der Waals surface area (Å²) >= 11 is 0. The van der Waals surface area contributed by atoms with E-state index in [0.29, 0.717) is 31.7 Å². The molecular weight excluding hydrogens is 572 g/mol. The Morgan fingerprint density at radius 1 is 1.00 bits per heavy atom. The van der Waals surface area contributed by atoms with Crippen molar-refractivity contribution in [2.75, 3.05) is 33.4 Å². The third kappa shape index (κ3) is 9.82. The van der Waals surface area contributed by atoms with Crippen molar-refractivity contribution in [3.8, 4) is 5.75 Å². The van der Waals surface area contributed by atoms with Gasteiger partial charge < -0.3 is 30.0 Å². The lowest BCUT2D eigenvalue weighted by molar-refractivity contribution is -0.140. The molecule has 12 heteroatoms. The van der Waals surface area contributed by atoms with Gasteiger partial charge in [-0.3, -0.25) is 0 Å². The maximum atomic E-state index is 14.1. The number of carbonyl (C=O) groups is 2. The quantitative estimate of drug-likeness (QED) is 0.149. The molecule has 0 bridgehead atoms. The zero-order valence-corrected chi connectivity index (χ0v) is 24.0. The van der Waals surface area contributed by atoms with Gasteiger partial charge in [-0.15, -0.1) is 0 Å². The summed E-state index contributed by atoms with van der Waals surface area (Å²) in [7, 11) is 0.924. The fourth-order valence-corrected chi connectivity index (χ4v) is 4.66. The number of methoxy groups -OCH3 is 1. The number of ether oxygens (including phenoxy) is 3. The number of hydrogen-bond acceptors (Lipinski definition) is 8. The normalized spacial score (nSPS) is 16.0. The predicted octanol–water partition coefficient (Wildman–Crippen LogP) is 4.91. The summed E-state index contributed by atoms with van der Waals surface area (Å²) < 4.78 is 71.4. The number of rotatable bonds is 15. The number of halogens is 4. The van der Waals surface area contributed by atoms with Crippen molar-refractivity contribution in [1.29, 1.82) is 0 Å². The molecule has 2 unspecified atom stereocenters. The Hall–Kier alpha value is -3.90. The largest absolute Gasteiger partial charge is 0.491 e. The number of benzene rings is 2. The monoisotopic (exact) mass is 608 g/mol. The van der Waals surface area contributed by atoms with Crippen molar-refractivity contribution in [3.05, 3.63) is 88.5 Å². The molecule has 234 valence electrons. The molecule has 0 radical (unpaired) electrons. The number of aliphatic hydroxyl groups excluding tert-OH is 1. The van der Waals surface area contributed by atoms with E-state index in [0.717, 1.165) is 32.1 Å². The van der Waals surface area contributed by atoms with Crippen LogP contribution in [0.4, 0.5) is 17.6 Å². The van der Waals surface area contributed by atoms with E-state index in [4.69, 9.17) is 9.47 Å². The zero-order chi connectivity index (χ0) is 31.4. The average Bonchev–Trinajstić information content (AvgIpc) is 2.98. The van der Waals surface area contributed by atoms with Crippen LogP contribution in [-0.2, 0) is 19.1 Å². The minimum absolute atomic E-state index is 0.00213. The third-order valence-corrected chi connectivity index (χ3v) is 6.70. The van der Waals surface area contributed by atoms with Gasteiger partial charge in [-0.1, -0.05) is 43.2 Å². The lowest BCUT2D eigenvalue weighted by Gasteiger charge is -2.32. The third-order valence-electron chi connectivity index (χ3n) is 6.70. The predicted molar refractivity (Wildman–Crippen MR) is 150 cm³/mol. The van der Waals surface area contributed by atoms with E-state index in [2.05, 4.69) is 15.4 Å². The summed E-state index contributed by atoms with van der Waals surface area (Å²) in [6.45, 7) is 2.47. The number of dihydropyridines is 1. The molecule has 3 rings (SSSR count). The van der Waals surface area contributed by atoms with Crippen molar-refractivity contribution >= 4 is 11.9 Å². The highest BCUT2D eigenvalue weighted by Gasteiger charge is 2.47. The van der Waals surface area contributed by atoms with Crippen LogP contribution in [0.25, 0.3) is 0 Å². The molecule has 0 aliphatic carbocycles. The Labute approximate surface area is 247 Å². The molecule has 0 saturated heterocycles. The molecule has 0 aromatic heterocycles. The van der Waals surface area contributed by atoms with Crippen LogP contribution in [0.3, 0.4) is 0 Å². The van der Waals surface area contributed by atoms with Crippen LogP contribution in [0.15, 0.2) is 77.1 Å². The van der Waals surface area contributed by atoms with E-state index >= 15 is 0 Å². The molecule has 0 spiro atoms. The number of carbonyl (C=O) groups excluding carboxylic acids is 2. The molecule has 8 nitrogen and oxygen atoms in total. The maximum absolute atomic E-state index is 14.1. The van der Waals surface area contributed by atoms with Gasteiger partial charge in [0.25, 0.3) is 0 Å². The summed E-state index contributed by atoms with van der Waals surface area (Å²) in [5.41, 5.74) is -2.67. The molecule has 2 aromatic rings. The molecule has 1 aliphatic heterocycles. The molecule has 2 aromatic carbocycles. The summed E-state index contributed by atoms with van der Waals surface area (Å²) in [6.07, 6.45) is -2.82. The molecule has 43 heavy (non-hydrogen) atoms. The number of hydrogen-bond donors (Lipinski definition) is 3. The van der Waals surface area contributed by atoms with E-state index in [1.807, 2.05) is 30.3 Å². The van der Waals surface area contributed by atoms with Gasteiger partial charge in [0.05, 0.1) is 30.8 Å². The van der Waals surface area contributed by atoms with Crippen LogP contribution in [0.2, 0.25) is 0 Å². The maximum Gasteiger partial charge on any atom is 0.431 e. The number of aliphatic hydroxyl groups is 1. The van der Waals surface area contributed by atoms with E-state index in [1.165, 1.54) is 19.1 Å². The number of esters is 2. The van der Waals surface area contributed by atoms with E-state index in [-0.39, 0.29) is 30.0 Å². The molecule has 1 aliphatic rings. The van der Waals surface area contributed by atoms with Crippen LogP contribution in [0.5, 0.6) is 5.75 Å². The van der Waals surface area contributed by atoms with Crippen LogP contribution in [-0.4, -0.2) is 62.7 Å². The van der Waals surface area contributed by atoms with Crippen molar-refractivity contribution < 1.29 is 46.5 Å². The number of para-hydroxylation sites is 1. The summed E-state index contributed by atoms with van der Waals surface area (Å²) in [5.74, 6) is -3.85.